The maximum absolute atomic E-state index is 12.5. The average Bonchev–Trinajstić information content (AvgIpc) is 2.68. The molecule has 0 spiro atoms. The Kier molecular flexibility index (Phi) is 7.01. The van der Waals surface area contributed by atoms with Crippen LogP contribution in [0.3, 0.4) is 0 Å². The maximum atomic E-state index is 12.5. The number of hydrogen-bond acceptors (Lipinski definition) is 7. The molecule has 29 heavy (non-hydrogen) atoms. The average molecular weight is 409 g/mol. The van der Waals surface area contributed by atoms with Crippen LogP contribution in [-0.4, -0.2) is 36.6 Å². The highest BCUT2D eigenvalue weighted by Gasteiger charge is 2.24. The molecule has 0 saturated carbocycles. The fraction of sp³-hybridized carbons (Fsp3) is 0.222. The molecule has 0 aliphatic rings. The zero-order valence-electron chi connectivity index (χ0n) is 15.3. The molecule has 0 fully saturated rings. The second-order valence-electron chi connectivity index (χ2n) is 5.65. The Morgan fingerprint density at radius 1 is 1.14 bits per heavy atom. The van der Waals surface area contributed by atoms with Gasteiger partial charge in [-0.15, -0.1) is 0 Å². The van der Waals surface area contributed by atoms with Crippen LogP contribution in [0.2, 0.25) is 0 Å². The molecular formula is C18H17F2N3O6. The second-order valence-corrected chi connectivity index (χ2v) is 5.65. The van der Waals surface area contributed by atoms with Gasteiger partial charge in [0, 0.05) is 24.9 Å². The minimum absolute atomic E-state index is 0.0352. The van der Waals surface area contributed by atoms with Gasteiger partial charge < -0.3 is 20.1 Å². The number of non-ortho nitro benzene ring substituents is 1. The van der Waals surface area contributed by atoms with Gasteiger partial charge in [-0.2, -0.15) is 8.78 Å². The van der Waals surface area contributed by atoms with Crippen molar-refractivity contribution in [3.8, 4) is 5.75 Å². The zero-order chi connectivity index (χ0) is 21.6. The number of para-hydroxylation sites is 2. The van der Waals surface area contributed by atoms with Gasteiger partial charge >= 0.3 is 12.6 Å². The van der Waals surface area contributed by atoms with E-state index in [1.54, 1.807) is 0 Å². The third-order valence-corrected chi connectivity index (χ3v) is 3.72. The molecule has 0 radical (unpaired) electrons. The Hall–Kier alpha value is -3.76. The van der Waals surface area contributed by atoms with E-state index in [-0.39, 0.29) is 28.4 Å². The first kappa shape index (κ1) is 21.5. The number of amides is 1. The molecule has 0 unspecified atom stereocenters. The van der Waals surface area contributed by atoms with E-state index in [0.29, 0.717) is 0 Å². The number of nitrogens with one attached hydrogen (secondary N) is 2. The van der Waals surface area contributed by atoms with E-state index in [1.165, 1.54) is 50.4 Å². The monoisotopic (exact) mass is 409 g/mol. The van der Waals surface area contributed by atoms with Gasteiger partial charge in [0.2, 0.25) is 0 Å². The SMILES string of the molecule is CNc1ccc([N+](=O)[O-])cc1C(=O)O[C@@H](C)C(=O)Nc1ccccc1OC(F)F. The zero-order valence-corrected chi connectivity index (χ0v) is 15.3. The predicted octanol–water partition coefficient (Wildman–Crippen LogP) is 3.42. The fourth-order valence-corrected chi connectivity index (χ4v) is 2.31. The van der Waals surface area contributed by atoms with E-state index >= 15 is 0 Å². The number of nitro benzene ring substituents is 1. The first-order chi connectivity index (χ1) is 13.7. The molecule has 2 rings (SSSR count). The molecule has 0 heterocycles. The van der Waals surface area contributed by atoms with Gasteiger partial charge in [-0.3, -0.25) is 14.9 Å². The van der Waals surface area contributed by atoms with Crippen molar-refractivity contribution < 1.29 is 32.8 Å². The Balaban J connectivity index is 2.13. The van der Waals surface area contributed by atoms with Crippen LogP contribution in [0.25, 0.3) is 0 Å². The van der Waals surface area contributed by atoms with Crippen molar-refractivity contribution in [2.45, 2.75) is 19.6 Å². The van der Waals surface area contributed by atoms with E-state index in [0.717, 1.165) is 6.07 Å². The number of anilines is 2. The summed E-state index contributed by atoms with van der Waals surface area (Å²) in [6, 6.07) is 9.07. The topological polar surface area (TPSA) is 120 Å². The molecule has 2 aromatic carbocycles. The molecule has 0 aromatic heterocycles. The number of ether oxygens (including phenoxy) is 2. The van der Waals surface area contributed by atoms with Crippen LogP contribution in [0.15, 0.2) is 42.5 Å². The van der Waals surface area contributed by atoms with Gasteiger partial charge in [0.1, 0.15) is 5.75 Å². The molecule has 11 heteroatoms. The van der Waals surface area contributed by atoms with Gasteiger partial charge in [0.25, 0.3) is 11.6 Å². The molecule has 2 aromatic rings. The number of carbonyl (C=O) groups is 2. The van der Waals surface area contributed by atoms with Gasteiger partial charge in [-0.25, -0.2) is 4.79 Å². The summed E-state index contributed by atoms with van der Waals surface area (Å²) in [5.41, 5.74) is -0.232. The summed E-state index contributed by atoms with van der Waals surface area (Å²) in [7, 11) is 1.51. The van der Waals surface area contributed by atoms with Gasteiger partial charge in [-0.1, -0.05) is 12.1 Å². The molecule has 9 nitrogen and oxygen atoms in total. The van der Waals surface area contributed by atoms with Crippen LogP contribution in [0.4, 0.5) is 25.8 Å². The molecule has 0 bridgehead atoms. The lowest BCUT2D eigenvalue weighted by molar-refractivity contribution is -0.384. The minimum Gasteiger partial charge on any atom is -0.449 e. The summed E-state index contributed by atoms with van der Waals surface area (Å²) < 4.78 is 34.3. The molecular weight excluding hydrogens is 392 g/mol. The van der Waals surface area contributed by atoms with Crippen LogP contribution < -0.4 is 15.4 Å². The summed E-state index contributed by atoms with van der Waals surface area (Å²) >= 11 is 0. The van der Waals surface area contributed by atoms with Crippen LogP contribution in [0.1, 0.15) is 17.3 Å². The van der Waals surface area contributed by atoms with Gasteiger partial charge in [-0.05, 0) is 25.1 Å². The third kappa shape index (κ3) is 5.61. The maximum Gasteiger partial charge on any atom is 0.387 e. The summed E-state index contributed by atoms with van der Waals surface area (Å²) in [6.45, 7) is -1.82. The van der Waals surface area contributed by atoms with E-state index in [4.69, 9.17) is 4.74 Å². The Labute approximate surface area is 163 Å². The van der Waals surface area contributed by atoms with E-state index in [2.05, 4.69) is 15.4 Å². The highest BCUT2D eigenvalue weighted by atomic mass is 19.3. The lowest BCUT2D eigenvalue weighted by atomic mass is 10.1. The second kappa shape index (κ2) is 9.44. The van der Waals surface area contributed by atoms with Crippen molar-refractivity contribution in [2.75, 3.05) is 17.7 Å². The van der Waals surface area contributed by atoms with Crippen molar-refractivity contribution in [2.24, 2.45) is 0 Å². The standard InChI is InChI=1S/C18H17F2N3O6/c1-10(16(24)22-14-5-3-4-6-15(14)29-18(19)20)28-17(25)12-9-11(23(26)27)7-8-13(12)21-2/h3-10,18,21H,1-2H3,(H,22,24)/t10-/m0/s1. The summed E-state index contributed by atoms with van der Waals surface area (Å²) in [5, 5.41) is 16.0. The molecule has 0 saturated heterocycles. The van der Waals surface area contributed by atoms with E-state index in [1.807, 2.05) is 0 Å². The number of carbonyl (C=O) groups excluding carboxylic acids is 2. The van der Waals surface area contributed by atoms with Crippen molar-refractivity contribution in [1.82, 2.24) is 0 Å². The quantitative estimate of drug-likeness (QED) is 0.389. The normalized spacial score (nSPS) is 11.5. The fourth-order valence-electron chi connectivity index (χ4n) is 2.31. The Morgan fingerprint density at radius 2 is 1.83 bits per heavy atom. The molecule has 154 valence electrons. The Morgan fingerprint density at radius 3 is 2.45 bits per heavy atom. The van der Waals surface area contributed by atoms with E-state index < -0.39 is 29.5 Å². The van der Waals surface area contributed by atoms with Crippen molar-refractivity contribution in [3.63, 3.8) is 0 Å². The number of nitrogens with zero attached hydrogens (tertiary/aromatic N) is 1. The van der Waals surface area contributed by atoms with Crippen LogP contribution in [-0.2, 0) is 9.53 Å². The molecule has 2 N–H and O–H groups in total. The number of alkyl halides is 2. The highest BCUT2D eigenvalue weighted by molar-refractivity contribution is 6.00. The largest absolute Gasteiger partial charge is 0.449 e. The van der Waals surface area contributed by atoms with Gasteiger partial charge in [0.15, 0.2) is 6.10 Å². The highest BCUT2D eigenvalue weighted by Crippen LogP contribution is 2.26. The number of esters is 1. The minimum atomic E-state index is -3.09. The summed E-state index contributed by atoms with van der Waals surface area (Å²) in [4.78, 5) is 34.9. The third-order valence-electron chi connectivity index (χ3n) is 3.72. The molecule has 1 atom stereocenters. The molecule has 0 aliphatic heterocycles. The lowest BCUT2D eigenvalue weighted by Gasteiger charge is -2.16. The van der Waals surface area contributed by atoms with Gasteiger partial charge in [0.05, 0.1) is 16.2 Å². The summed E-state index contributed by atoms with van der Waals surface area (Å²) in [6.07, 6.45) is -1.33. The Bertz CT molecular complexity index is 922. The van der Waals surface area contributed by atoms with Crippen LogP contribution in [0, 0.1) is 10.1 Å². The molecule has 1 amide bonds. The first-order valence-corrected chi connectivity index (χ1v) is 8.24. The number of benzene rings is 2. The van der Waals surface area contributed by atoms with E-state index in [9.17, 15) is 28.5 Å². The smallest absolute Gasteiger partial charge is 0.387 e. The summed E-state index contributed by atoms with van der Waals surface area (Å²) in [5.74, 6) is -2.04. The number of hydrogen-bond donors (Lipinski definition) is 2. The molecule has 0 aliphatic carbocycles. The van der Waals surface area contributed by atoms with Crippen LogP contribution >= 0.6 is 0 Å². The number of rotatable bonds is 8. The first-order valence-electron chi connectivity index (χ1n) is 8.24. The van der Waals surface area contributed by atoms with Crippen molar-refractivity contribution >= 4 is 28.9 Å². The number of halogens is 2. The number of nitro groups is 1. The predicted molar refractivity (Wildman–Crippen MR) is 99.2 cm³/mol. The van der Waals surface area contributed by atoms with Crippen LogP contribution in [0.5, 0.6) is 5.75 Å². The van der Waals surface area contributed by atoms with Crippen molar-refractivity contribution in [1.29, 1.82) is 0 Å². The van der Waals surface area contributed by atoms with Crippen molar-refractivity contribution in [3.05, 3.63) is 58.1 Å². The lowest BCUT2D eigenvalue weighted by Crippen LogP contribution is -2.30.